The third-order valence-electron chi connectivity index (χ3n) is 7.50. The van der Waals surface area contributed by atoms with Gasteiger partial charge in [-0.05, 0) is 52.7 Å². The molecule has 1 saturated heterocycles. The van der Waals surface area contributed by atoms with Gasteiger partial charge in [-0.25, -0.2) is 4.79 Å². The lowest BCUT2D eigenvalue weighted by Crippen LogP contribution is -2.43. The third kappa shape index (κ3) is 17.2. The summed E-state index contributed by atoms with van der Waals surface area (Å²) in [6, 6.07) is 5.00. The summed E-state index contributed by atoms with van der Waals surface area (Å²) in [7, 11) is 0. The number of amides is 1. The van der Waals surface area contributed by atoms with E-state index in [4.69, 9.17) is 28.4 Å². The smallest absolute Gasteiger partial charge is 0.407 e. The van der Waals surface area contributed by atoms with Gasteiger partial charge in [-0.15, -0.1) is 0 Å². The first-order valence-corrected chi connectivity index (χ1v) is 17.6. The summed E-state index contributed by atoms with van der Waals surface area (Å²) in [6.45, 7) is 13.2. The quantitative estimate of drug-likeness (QED) is 0.0746. The highest BCUT2D eigenvalue weighted by Crippen LogP contribution is 2.27. The molecule has 286 valence electrons. The normalized spacial score (nSPS) is 15.2. The number of piperidine rings is 1. The van der Waals surface area contributed by atoms with Gasteiger partial charge in [-0.2, -0.15) is 0 Å². The maximum atomic E-state index is 12.2. The number of carbonyl (C=O) groups excluding carboxylic acids is 2. The highest BCUT2D eigenvalue weighted by Gasteiger charge is 2.27. The van der Waals surface area contributed by atoms with E-state index in [-0.39, 0.29) is 24.6 Å². The Kier molecular flexibility index (Phi) is 18.5. The third-order valence-corrected chi connectivity index (χ3v) is 7.50. The standard InChI is InChI=1S/C35H56N6O10/c1-5-50-32(43)26-41-25-28(8-9-31(41)42)39-33(44)27-7-6-12-40(24-27)30-21-29(22-36-23-30)37-10-13-46-15-17-48-19-20-49-18-16-47-14-11-38-34(45)51-35(2,3)4/h8-9,21-23,25,27,33,37,39,44H,5-7,10-20,24,26H2,1-4H3,(H,38,45)/t27-,33?/m0/s1. The molecule has 0 aliphatic carbocycles. The highest BCUT2D eigenvalue weighted by atomic mass is 16.6. The van der Waals surface area contributed by atoms with Gasteiger partial charge in [0, 0.05) is 44.4 Å². The summed E-state index contributed by atoms with van der Waals surface area (Å²) in [6.07, 6.45) is 5.52. The molecule has 0 spiro atoms. The Balaban J connectivity index is 1.24. The predicted molar refractivity (Wildman–Crippen MR) is 192 cm³/mol. The molecule has 1 aliphatic rings. The fourth-order valence-corrected chi connectivity index (χ4v) is 5.14. The average molecular weight is 721 g/mol. The first kappa shape index (κ1) is 41.5. The van der Waals surface area contributed by atoms with Crippen molar-refractivity contribution in [3.8, 4) is 0 Å². The number of rotatable bonds is 23. The van der Waals surface area contributed by atoms with Gasteiger partial charge in [-0.1, -0.05) is 0 Å². The van der Waals surface area contributed by atoms with Crippen LogP contribution >= 0.6 is 0 Å². The lowest BCUT2D eigenvalue weighted by atomic mass is 9.95. The monoisotopic (exact) mass is 720 g/mol. The van der Waals surface area contributed by atoms with Gasteiger partial charge in [0.15, 0.2) is 0 Å². The van der Waals surface area contributed by atoms with Crippen LogP contribution < -0.4 is 26.4 Å². The number of nitrogens with one attached hydrogen (secondary N) is 3. The lowest BCUT2D eigenvalue weighted by molar-refractivity contribution is -0.143. The number of hydrogen-bond donors (Lipinski definition) is 4. The molecule has 0 bridgehead atoms. The largest absolute Gasteiger partial charge is 0.465 e. The number of aliphatic hydroxyl groups excluding tert-OH is 1. The Bertz CT molecular complexity index is 1370. The van der Waals surface area contributed by atoms with Crippen LogP contribution in [0, 0.1) is 5.92 Å². The second kappa shape index (κ2) is 22.8. The Morgan fingerprint density at radius 3 is 2.29 bits per heavy atom. The van der Waals surface area contributed by atoms with Crippen LogP contribution in [0.3, 0.4) is 0 Å². The maximum Gasteiger partial charge on any atom is 0.407 e. The molecule has 1 aliphatic heterocycles. The van der Waals surface area contributed by atoms with Crippen LogP contribution in [0.15, 0.2) is 41.6 Å². The van der Waals surface area contributed by atoms with Crippen molar-refractivity contribution in [2.75, 3.05) is 101 Å². The van der Waals surface area contributed by atoms with Crippen LogP contribution in [0.5, 0.6) is 0 Å². The van der Waals surface area contributed by atoms with E-state index in [1.165, 1.54) is 16.8 Å². The summed E-state index contributed by atoms with van der Waals surface area (Å²) in [5.74, 6) is -0.561. The SMILES string of the molecule is CCOC(=O)Cn1cc(NC(O)[C@H]2CCCN(c3cncc(NCCOCCOCCOCCOCCNC(=O)OC(C)(C)C)c3)C2)ccc1=O. The van der Waals surface area contributed by atoms with Crippen LogP contribution in [0.25, 0.3) is 0 Å². The van der Waals surface area contributed by atoms with E-state index in [1.807, 2.05) is 33.0 Å². The van der Waals surface area contributed by atoms with E-state index in [1.54, 1.807) is 19.2 Å². The van der Waals surface area contributed by atoms with Crippen LogP contribution in [0.1, 0.15) is 40.5 Å². The van der Waals surface area contributed by atoms with E-state index >= 15 is 0 Å². The van der Waals surface area contributed by atoms with Crippen molar-refractivity contribution >= 4 is 29.1 Å². The topological polar surface area (TPSA) is 184 Å². The molecular formula is C35H56N6O10. The summed E-state index contributed by atoms with van der Waals surface area (Å²) in [5, 5.41) is 20.1. The minimum atomic E-state index is -0.851. The Morgan fingerprint density at radius 2 is 1.63 bits per heavy atom. The highest BCUT2D eigenvalue weighted by molar-refractivity contribution is 5.69. The zero-order valence-electron chi connectivity index (χ0n) is 30.4. The number of anilines is 3. The predicted octanol–water partition coefficient (Wildman–Crippen LogP) is 2.46. The number of aromatic nitrogens is 2. The molecule has 3 rings (SSSR count). The van der Waals surface area contributed by atoms with Crippen molar-refractivity contribution in [3.05, 3.63) is 47.1 Å². The molecule has 1 fully saturated rings. The number of hydrogen-bond acceptors (Lipinski definition) is 14. The Hall–Kier alpha value is -3.96. The van der Waals surface area contributed by atoms with Crippen molar-refractivity contribution < 1.29 is 43.1 Å². The average Bonchev–Trinajstić information content (AvgIpc) is 3.09. The number of esters is 1. The van der Waals surface area contributed by atoms with Crippen molar-refractivity contribution in [1.82, 2.24) is 14.9 Å². The zero-order chi connectivity index (χ0) is 36.9. The summed E-state index contributed by atoms with van der Waals surface area (Å²) in [5.41, 5.74) is 1.52. The number of pyridine rings is 2. The summed E-state index contributed by atoms with van der Waals surface area (Å²) < 4.78 is 33.5. The molecule has 16 heteroatoms. The van der Waals surface area contributed by atoms with Crippen LogP contribution in [0.2, 0.25) is 0 Å². The molecule has 2 aromatic heterocycles. The van der Waals surface area contributed by atoms with Gasteiger partial charge in [-0.3, -0.25) is 14.6 Å². The van der Waals surface area contributed by atoms with Crippen LogP contribution in [0.4, 0.5) is 21.9 Å². The molecule has 51 heavy (non-hydrogen) atoms. The molecule has 16 nitrogen and oxygen atoms in total. The molecule has 2 atom stereocenters. The van der Waals surface area contributed by atoms with E-state index in [2.05, 4.69) is 25.8 Å². The second-order valence-electron chi connectivity index (χ2n) is 12.9. The fraction of sp³-hybridized carbons (Fsp3) is 0.657. The number of nitrogens with zero attached hydrogens (tertiary/aromatic N) is 3. The first-order chi connectivity index (χ1) is 24.5. The molecule has 2 aromatic rings. The molecule has 0 aromatic carbocycles. The van der Waals surface area contributed by atoms with E-state index in [0.29, 0.717) is 78.2 Å². The number of aliphatic hydroxyl groups is 1. The number of ether oxygens (including phenoxy) is 6. The molecule has 1 unspecified atom stereocenters. The first-order valence-electron chi connectivity index (χ1n) is 17.6. The van der Waals surface area contributed by atoms with Crippen molar-refractivity contribution in [2.24, 2.45) is 5.92 Å². The minimum Gasteiger partial charge on any atom is -0.465 e. The van der Waals surface area contributed by atoms with Gasteiger partial charge in [0.2, 0.25) is 0 Å². The molecule has 0 radical (unpaired) electrons. The minimum absolute atomic E-state index is 0.0664. The van der Waals surface area contributed by atoms with Crippen molar-refractivity contribution in [3.63, 3.8) is 0 Å². The molecule has 0 saturated carbocycles. The maximum absolute atomic E-state index is 12.2. The second-order valence-corrected chi connectivity index (χ2v) is 12.9. The van der Waals surface area contributed by atoms with Gasteiger partial charge < -0.3 is 58.9 Å². The molecule has 1 amide bonds. The Morgan fingerprint density at radius 1 is 0.961 bits per heavy atom. The van der Waals surface area contributed by atoms with Gasteiger partial charge in [0.25, 0.3) is 5.56 Å². The van der Waals surface area contributed by atoms with Crippen molar-refractivity contribution in [2.45, 2.75) is 58.9 Å². The van der Waals surface area contributed by atoms with Crippen LogP contribution in [-0.2, 0) is 39.8 Å². The molecule has 4 N–H and O–H groups in total. The van der Waals surface area contributed by atoms with Crippen LogP contribution in [-0.4, -0.2) is 124 Å². The van der Waals surface area contributed by atoms with Crippen molar-refractivity contribution in [1.29, 1.82) is 0 Å². The zero-order valence-corrected chi connectivity index (χ0v) is 30.4. The fourth-order valence-electron chi connectivity index (χ4n) is 5.14. The molecular weight excluding hydrogens is 664 g/mol. The number of alkyl carbamates (subject to hydrolysis) is 1. The van der Waals surface area contributed by atoms with E-state index in [0.717, 1.165) is 30.8 Å². The van der Waals surface area contributed by atoms with E-state index in [9.17, 15) is 19.5 Å². The summed E-state index contributed by atoms with van der Waals surface area (Å²) >= 11 is 0. The number of carbonyl (C=O) groups is 2. The van der Waals surface area contributed by atoms with Gasteiger partial charge in [0.1, 0.15) is 18.4 Å². The molecule has 3 heterocycles. The van der Waals surface area contributed by atoms with E-state index < -0.39 is 23.9 Å². The Labute approximate surface area is 300 Å². The lowest BCUT2D eigenvalue weighted by Gasteiger charge is -2.36. The van der Waals surface area contributed by atoms with Gasteiger partial charge in [0.05, 0.1) is 88.9 Å². The summed E-state index contributed by atoms with van der Waals surface area (Å²) in [4.78, 5) is 42.2. The van der Waals surface area contributed by atoms with Gasteiger partial charge >= 0.3 is 12.1 Å².